The molecule has 1 aliphatic heterocycles. The van der Waals surface area contributed by atoms with Crippen LogP contribution >= 0.6 is 0 Å². The number of fused-ring (bicyclic) bond motifs is 1. The van der Waals surface area contributed by atoms with Gasteiger partial charge in [0.25, 0.3) is 11.8 Å². The van der Waals surface area contributed by atoms with Gasteiger partial charge >= 0.3 is 6.01 Å². The van der Waals surface area contributed by atoms with E-state index in [9.17, 15) is 13.2 Å². The first-order chi connectivity index (χ1) is 16.3. The highest BCUT2D eigenvalue weighted by Gasteiger charge is 2.32. The number of amides is 1. The molecule has 1 N–H and O–H groups in total. The monoisotopic (exact) mass is 482 g/mol. The molecule has 1 aliphatic rings. The number of carbonyl (C=O) groups excluding carboxylic acids is 1. The molecule has 5 rings (SSSR count). The minimum Gasteiger partial charge on any atom is -0.451 e. The predicted molar refractivity (Wildman–Crippen MR) is 123 cm³/mol. The summed E-state index contributed by atoms with van der Waals surface area (Å²) in [5, 5.41) is 11.2. The Morgan fingerprint density at radius 1 is 1.00 bits per heavy atom. The first-order valence-electron chi connectivity index (χ1n) is 10.7. The number of morpholine rings is 1. The lowest BCUT2D eigenvalue weighted by atomic mass is 10.2. The second-order valence-electron chi connectivity index (χ2n) is 8.12. The van der Waals surface area contributed by atoms with E-state index >= 15 is 0 Å². The summed E-state index contributed by atoms with van der Waals surface area (Å²) in [4.78, 5) is 12.7. The van der Waals surface area contributed by atoms with Crippen molar-refractivity contribution in [2.45, 2.75) is 31.0 Å². The molecule has 0 bridgehead atoms. The summed E-state index contributed by atoms with van der Waals surface area (Å²) in [6.07, 6.45) is -0.384. The van der Waals surface area contributed by atoms with E-state index in [-0.39, 0.29) is 47.7 Å². The zero-order valence-electron chi connectivity index (χ0n) is 18.5. The number of para-hydroxylation sites is 1. The van der Waals surface area contributed by atoms with Gasteiger partial charge in [-0.05, 0) is 50.2 Å². The van der Waals surface area contributed by atoms with Gasteiger partial charge in [-0.15, -0.1) is 5.10 Å². The zero-order valence-corrected chi connectivity index (χ0v) is 19.3. The molecule has 0 saturated carbocycles. The number of nitrogens with one attached hydrogen (secondary N) is 1. The Hall–Kier alpha value is -3.54. The van der Waals surface area contributed by atoms with Crippen LogP contribution < -0.4 is 5.32 Å². The second kappa shape index (κ2) is 8.67. The maximum absolute atomic E-state index is 13.0. The van der Waals surface area contributed by atoms with E-state index in [4.69, 9.17) is 13.6 Å². The number of rotatable bonds is 5. The number of aromatic nitrogens is 2. The number of hydrogen-bond acceptors (Lipinski definition) is 8. The maximum atomic E-state index is 13.0. The molecule has 0 aliphatic carbocycles. The number of nitrogens with zero attached hydrogens (tertiary/aromatic N) is 3. The van der Waals surface area contributed by atoms with Crippen molar-refractivity contribution in [2.24, 2.45) is 0 Å². The van der Waals surface area contributed by atoms with Gasteiger partial charge in [0.05, 0.1) is 17.1 Å². The minimum atomic E-state index is -3.70. The molecular weight excluding hydrogens is 460 g/mol. The van der Waals surface area contributed by atoms with Gasteiger partial charge in [0.1, 0.15) is 5.58 Å². The molecular formula is C23H22N4O6S. The number of benzene rings is 2. The fraction of sp³-hybridized carbons (Fsp3) is 0.261. The van der Waals surface area contributed by atoms with E-state index in [1.54, 1.807) is 6.07 Å². The van der Waals surface area contributed by atoms with Gasteiger partial charge in [-0.3, -0.25) is 10.1 Å². The number of ether oxygens (including phenoxy) is 1. The van der Waals surface area contributed by atoms with Gasteiger partial charge in [0, 0.05) is 24.0 Å². The van der Waals surface area contributed by atoms with Crippen molar-refractivity contribution < 1.29 is 26.8 Å². The van der Waals surface area contributed by atoms with Crippen molar-refractivity contribution in [3.63, 3.8) is 0 Å². The van der Waals surface area contributed by atoms with Crippen molar-refractivity contribution in [1.29, 1.82) is 0 Å². The average Bonchev–Trinajstić information content (AvgIpc) is 3.45. The third-order valence-electron chi connectivity index (χ3n) is 5.42. The first kappa shape index (κ1) is 22.3. The molecule has 1 saturated heterocycles. The summed E-state index contributed by atoms with van der Waals surface area (Å²) in [6, 6.07) is 14.8. The molecule has 1 amide bonds. The summed E-state index contributed by atoms with van der Waals surface area (Å²) in [7, 11) is -3.70. The summed E-state index contributed by atoms with van der Waals surface area (Å²) in [6.45, 7) is 4.23. The maximum Gasteiger partial charge on any atom is 0.322 e. The van der Waals surface area contributed by atoms with E-state index in [1.165, 1.54) is 28.6 Å². The highest BCUT2D eigenvalue weighted by molar-refractivity contribution is 7.89. The highest BCUT2D eigenvalue weighted by atomic mass is 32.2. The van der Waals surface area contributed by atoms with E-state index in [0.29, 0.717) is 11.3 Å². The second-order valence-corrected chi connectivity index (χ2v) is 10.1. The van der Waals surface area contributed by atoms with Crippen LogP contribution in [0.2, 0.25) is 0 Å². The fourth-order valence-corrected chi connectivity index (χ4v) is 5.47. The number of hydrogen-bond donors (Lipinski definition) is 1. The van der Waals surface area contributed by atoms with Crippen LogP contribution in [-0.4, -0.2) is 54.1 Å². The fourth-order valence-electron chi connectivity index (χ4n) is 3.88. The summed E-state index contributed by atoms with van der Waals surface area (Å²) >= 11 is 0. The molecule has 2 unspecified atom stereocenters. The van der Waals surface area contributed by atoms with Crippen LogP contribution in [0, 0.1) is 0 Å². The topological polar surface area (TPSA) is 128 Å². The van der Waals surface area contributed by atoms with E-state index < -0.39 is 15.9 Å². The Bertz CT molecular complexity index is 1400. The minimum absolute atomic E-state index is 0.103. The van der Waals surface area contributed by atoms with Crippen molar-refractivity contribution in [3.8, 4) is 11.7 Å². The number of carbonyl (C=O) groups is 1. The molecule has 2 aromatic heterocycles. The summed E-state index contributed by atoms with van der Waals surface area (Å²) in [5.74, 6) is -0.00483. The average molecular weight is 483 g/mol. The predicted octanol–water partition coefficient (Wildman–Crippen LogP) is 3.53. The number of furan rings is 1. The van der Waals surface area contributed by atoms with Crippen LogP contribution in [-0.2, 0) is 14.8 Å². The van der Waals surface area contributed by atoms with Gasteiger partial charge in [0.15, 0.2) is 5.76 Å². The molecule has 0 spiro atoms. The number of sulfonamides is 1. The van der Waals surface area contributed by atoms with Gasteiger partial charge < -0.3 is 13.6 Å². The third-order valence-corrected chi connectivity index (χ3v) is 7.27. The van der Waals surface area contributed by atoms with Crippen molar-refractivity contribution in [2.75, 3.05) is 18.4 Å². The van der Waals surface area contributed by atoms with Gasteiger partial charge in [0.2, 0.25) is 10.0 Å². The van der Waals surface area contributed by atoms with E-state index in [2.05, 4.69) is 15.5 Å². The molecule has 176 valence electrons. The molecule has 10 nitrogen and oxygen atoms in total. The van der Waals surface area contributed by atoms with Crippen molar-refractivity contribution in [1.82, 2.24) is 14.5 Å². The van der Waals surface area contributed by atoms with Gasteiger partial charge in [-0.2, -0.15) is 4.31 Å². The summed E-state index contributed by atoms with van der Waals surface area (Å²) in [5.41, 5.74) is 0.920. The standard InChI is InChI=1S/C23H22N4O6S/c1-14-12-27(13-15(2)31-14)34(29,30)18-9-7-16(8-10-18)21(28)24-23-26-25-22(33-23)20-11-17-5-3-4-6-19(17)32-20/h3-11,14-15H,12-13H2,1-2H3,(H,24,26,28). The molecule has 3 heterocycles. The lowest BCUT2D eigenvalue weighted by molar-refractivity contribution is -0.0440. The molecule has 1 fully saturated rings. The van der Waals surface area contributed by atoms with E-state index in [1.807, 2.05) is 38.1 Å². The Morgan fingerprint density at radius 3 is 2.41 bits per heavy atom. The van der Waals surface area contributed by atoms with Gasteiger partial charge in [-0.1, -0.05) is 23.3 Å². The van der Waals surface area contributed by atoms with Crippen LogP contribution in [0.4, 0.5) is 6.01 Å². The molecule has 0 radical (unpaired) electrons. The molecule has 2 atom stereocenters. The quantitative estimate of drug-likeness (QED) is 0.458. The highest BCUT2D eigenvalue weighted by Crippen LogP contribution is 2.28. The van der Waals surface area contributed by atoms with Crippen LogP contribution in [0.3, 0.4) is 0 Å². The van der Waals surface area contributed by atoms with Crippen molar-refractivity contribution in [3.05, 3.63) is 60.2 Å². The SMILES string of the molecule is CC1CN(S(=O)(=O)c2ccc(C(=O)Nc3nnc(-c4cc5ccccc5o4)o3)cc2)CC(C)O1. The molecule has 2 aromatic carbocycles. The Balaban J connectivity index is 1.28. The van der Waals surface area contributed by atoms with Crippen LogP contribution in [0.15, 0.2) is 68.3 Å². The molecule has 4 aromatic rings. The van der Waals surface area contributed by atoms with Crippen LogP contribution in [0.1, 0.15) is 24.2 Å². The number of anilines is 1. The summed E-state index contributed by atoms with van der Waals surface area (Å²) < 4.78 is 44.2. The zero-order chi connectivity index (χ0) is 23.9. The molecule has 11 heteroatoms. The van der Waals surface area contributed by atoms with Gasteiger partial charge in [-0.25, -0.2) is 8.42 Å². The smallest absolute Gasteiger partial charge is 0.322 e. The third kappa shape index (κ3) is 4.32. The van der Waals surface area contributed by atoms with Crippen LogP contribution in [0.25, 0.3) is 22.6 Å². The Morgan fingerprint density at radius 2 is 1.71 bits per heavy atom. The van der Waals surface area contributed by atoms with Crippen LogP contribution in [0.5, 0.6) is 0 Å². The molecule has 34 heavy (non-hydrogen) atoms. The lowest BCUT2D eigenvalue weighted by Gasteiger charge is -2.34. The Labute approximate surface area is 195 Å². The van der Waals surface area contributed by atoms with Crippen molar-refractivity contribution >= 4 is 32.9 Å². The lowest BCUT2D eigenvalue weighted by Crippen LogP contribution is -2.48. The normalized spacial score (nSPS) is 19.4. The largest absolute Gasteiger partial charge is 0.451 e. The first-order valence-corrected chi connectivity index (χ1v) is 12.1. The Kier molecular flexibility index (Phi) is 5.68. The van der Waals surface area contributed by atoms with E-state index in [0.717, 1.165) is 5.39 Å².